The van der Waals surface area contributed by atoms with Crippen molar-refractivity contribution >= 4 is 23.3 Å². The molecule has 1 aromatic rings. The fourth-order valence-electron chi connectivity index (χ4n) is 3.20. The van der Waals surface area contributed by atoms with Crippen molar-refractivity contribution in [3.63, 3.8) is 0 Å². The summed E-state index contributed by atoms with van der Waals surface area (Å²) in [7, 11) is 3.67. The molecule has 2 N–H and O–H groups in total. The van der Waals surface area contributed by atoms with Crippen molar-refractivity contribution in [3.8, 4) is 0 Å². The van der Waals surface area contributed by atoms with Gasteiger partial charge in [0.1, 0.15) is 12.6 Å². The summed E-state index contributed by atoms with van der Waals surface area (Å²) < 4.78 is 4.65. The highest BCUT2D eigenvalue weighted by Gasteiger charge is 2.30. The van der Waals surface area contributed by atoms with Gasteiger partial charge in [-0.15, -0.1) is 0 Å². The lowest BCUT2D eigenvalue weighted by molar-refractivity contribution is -0.887. The maximum absolute atomic E-state index is 11.1. The number of rotatable bonds is 7. The van der Waals surface area contributed by atoms with E-state index >= 15 is 0 Å². The average Bonchev–Trinajstić information content (AvgIpc) is 2.64. The lowest BCUT2D eigenvalue weighted by atomic mass is 10.0. The van der Waals surface area contributed by atoms with Crippen LogP contribution in [0.15, 0.2) is 30.3 Å². The van der Waals surface area contributed by atoms with Crippen molar-refractivity contribution in [3.05, 3.63) is 35.9 Å². The number of esters is 1. The van der Waals surface area contributed by atoms with Crippen LogP contribution in [-0.4, -0.2) is 56.3 Å². The third-order valence-corrected chi connectivity index (χ3v) is 5.08. The highest BCUT2D eigenvalue weighted by Crippen LogP contribution is 2.20. The maximum atomic E-state index is 11.1. The van der Waals surface area contributed by atoms with Gasteiger partial charge in [0.2, 0.25) is 0 Å². The molecular formula is C19H30N3O2S+. The van der Waals surface area contributed by atoms with Gasteiger partial charge in [0.15, 0.2) is 5.11 Å². The number of likely N-dealkylation sites (N-methyl/N-ethyl adjacent to an activating group) is 1. The average molecular weight is 365 g/mol. The molecule has 25 heavy (non-hydrogen) atoms. The Hall–Kier alpha value is -1.66. The van der Waals surface area contributed by atoms with Crippen LogP contribution in [0.4, 0.5) is 0 Å². The van der Waals surface area contributed by atoms with Gasteiger partial charge in [-0.1, -0.05) is 36.8 Å². The normalized spacial score (nSPS) is 20.2. The zero-order valence-electron chi connectivity index (χ0n) is 15.3. The number of carbonyl (C=O) groups is 1. The minimum absolute atomic E-state index is 0.130. The van der Waals surface area contributed by atoms with Crippen molar-refractivity contribution in [2.45, 2.75) is 31.7 Å². The molecule has 0 radical (unpaired) electrons. The van der Waals surface area contributed by atoms with E-state index in [4.69, 9.17) is 12.2 Å². The van der Waals surface area contributed by atoms with E-state index in [0.717, 1.165) is 50.6 Å². The third kappa shape index (κ3) is 6.29. The molecule has 0 spiro atoms. The minimum Gasteiger partial charge on any atom is -0.469 e. The smallest absolute Gasteiger partial charge is 0.305 e. The van der Waals surface area contributed by atoms with E-state index in [0.29, 0.717) is 12.5 Å². The van der Waals surface area contributed by atoms with Crippen LogP contribution in [0.25, 0.3) is 0 Å². The van der Waals surface area contributed by atoms with Crippen LogP contribution in [0.1, 0.15) is 37.3 Å². The Morgan fingerprint density at radius 3 is 2.80 bits per heavy atom. The predicted octanol–water partition coefficient (Wildman–Crippen LogP) is 1.17. The van der Waals surface area contributed by atoms with Gasteiger partial charge in [0, 0.05) is 13.0 Å². The number of benzene rings is 1. The lowest BCUT2D eigenvalue weighted by Gasteiger charge is -2.39. The van der Waals surface area contributed by atoms with Crippen molar-refractivity contribution < 1.29 is 14.4 Å². The SMILES string of the molecule is COC(=O)CCCCCNC(=S)N1CC[NH+](C)C[C@H]1c1ccccc1. The highest BCUT2D eigenvalue weighted by atomic mass is 32.1. The third-order valence-electron chi connectivity index (χ3n) is 4.70. The Bertz CT molecular complexity index is 553. The number of thiocarbonyl (C=S) groups is 1. The van der Waals surface area contributed by atoms with Crippen molar-refractivity contribution in [1.29, 1.82) is 0 Å². The van der Waals surface area contributed by atoms with Crippen molar-refractivity contribution in [1.82, 2.24) is 10.2 Å². The van der Waals surface area contributed by atoms with Crippen LogP contribution in [0, 0.1) is 0 Å². The van der Waals surface area contributed by atoms with E-state index < -0.39 is 0 Å². The Labute approximate surface area is 156 Å². The molecule has 0 amide bonds. The number of quaternary nitrogens is 1. The van der Waals surface area contributed by atoms with Gasteiger partial charge in [-0.3, -0.25) is 4.79 Å². The van der Waals surface area contributed by atoms with Crippen molar-refractivity contribution in [2.75, 3.05) is 40.3 Å². The zero-order valence-corrected chi connectivity index (χ0v) is 16.1. The summed E-state index contributed by atoms with van der Waals surface area (Å²) >= 11 is 5.66. The van der Waals surface area contributed by atoms with E-state index in [1.165, 1.54) is 17.6 Å². The van der Waals surface area contributed by atoms with Crippen LogP contribution in [-0.2, 0) is 9.53 Å². The highest BCUT2D eigenvalue weighted by molar-refractivity contribution is 7.80. The van der Waals surface area contributed by atoms with Gasteiger partial charge in [0.25, 0.3) is 0 Å². The van der Waals surface area contributed by atoms with Crippen LogP contribution >= 0.6 is 12.2 Å². The number of ether oxygens (including phenoxy) is 1. The quantitative estimate of drug-likeness (QED) is 0.432. The molecule has 1 aliphatic heterocycles. The Kier molecular flexibility index (Phi) is 8.15. The summed E-state index contributed by atoms with van der Waals surface area (Å²) in [6, 6.07) is 10.9. The van der Waals surface area contributed by atoms with Crippen LogP contribution in [0.3, 0.4) is 0 Å². The number of piperazine rings is 1. The first-order valence-corrected chi connectivity index (χ1v) is 9.50. The maximum Gasteiger partial charge on any atom is 0.305 e. The number of nitrogens with one attached hydrogen (secondary N) is 2. The van der Waals surface area contributed by atoms with Crippen LogP contribution in [0.2, 0.25) is 0 Å². The summed E-state index contributed by atoms with van der Waals surface area (Å²) in [6.45, 7) is 3.98. The first-order valence-electron chi connectivity index (χ1n) is 9.09. The fourth-order valence-corrected chi connectivity index (χ4v) is 3.52. The number of methoxy groups -OCH3 is 1. The molecular weight excluding hydrogens is 334 g/mol. The fraction of sp³-hybridized carbons (Fsp3) is 0.579. The molecule has 0 aliphatic carbocycles. The molecule has 1 unspecified atom stereocenters. The molecule has 1 heterocycles. The van der Waals surface area contributed by atoms with E-state index in [1.54, 1.807) is 0 Å². The minimum atomic E-state index is -0.130. The largest absolute Gasteiger partial charge is 0.469 e. The molecule has 0 aromatic heterocycles. The second kappa shape index (κ2) is 10.4. The number of hydrogen-bond donors (Lipinski definition) is 2. The topological polar surface area (TPSA) is 46.0 Å². The number of carbonyl (C=O) groups excluding carboxylic acids is 1. The molecule has 1 aromatic carbocycles. The second-order valence-corrected chi connectivity index (χ2v) is 7.04. The van der Waals surface area contributed by atoms with Crippen LogP contribution in [0.5, 0.6) is 0 Å². The van der Waals surface area contributed by atoms with Crippen molar-refractivity contribution in [2.24, 2.45) is 0 Å². The summed E-state index contributed by atoms with van der Waals surface area (Å²) in [6.07, 6.45) is 3.37. The number of nitrogens with zero attached hydrogens (tertiary/aromatic N) is 1. The van der Waals surface area contributed by atoms with Gasteiger partial charge in [-0.25, -0.2) is 0 Å². The predicted molar refractivity (Wildman–Crippen MR) is 104 cm³/mol. The Balaban J connectivity index is 1.79. The standard InChI is InChI=1S/C19H29N3O2S/c1-21-13-14-22(17(15-21)16-9-5-3-6-10-16)19(25)20-12-8-4-7-11-18(23)24-2/h3,5-6,9-10,17H,4,7-8,11-15H2,1-2H3,(H,20,25)/p+1/t17-/m0/s1. The van der Waals surface area contributed by atoms with Gasteiger partial charge >= 0.3 is 5.97 Å². The number of hydrogen-bond acceptors (Lipinski definition) is 3. The van der Waals surface area contributed by atoms with Gasteiger partial charge in [-0.05, 0) is 30.6 Å². The monoisotopic (exact) mass is 364 g/mol. The van der Waals surface area contributed by atoms with E-state index in [9.17, 15) is 4.79 Å². The molecule has 0 bridgehead atoms. The molecule has 5 nitrogen and oxygen atoms in total. The Morgan fingerprint density at radius 2 is 2.08 bits per heavy atom. The summed E-state index contributed by atoms with van der Waals surface area (Å²) in [5, 5.41) is 4.24. The second-order valence-electron chi connectivity index (χ2n) is 6.65. The van der Waals surface area contributed by atoms with E-state index in [-0.39, 0.29) is 5.97 Å². The molecule has 1 aliphatic rings. The molecule has 2 rings (SSSR count). The summed E-state index contributed by atoms with van der Waals surface area (Å²) in [5.41, 5.74) is 1.32. The number of unbranched alkanes of at least 4 members (excludes halogenated alkanes) is 2. The summed E-state index contributed by atoms with van der Waals surface area (Å²) in [5.74, 6) is -0.130. The first kappa shape index (κ1) is 19.7. The zero-order chi connectivity index (χ0) is 18.1. The van der Waals surface area contributed by atoms with Crippen LogP contribution < -0.4 is 10.2 Å². The van der Waals surface area contributed by atoms with E-state index in [1.807, 2.05) is 0 Å². The molecule has 1 fully saturated rings. The molecule has 2 atom stereocenters. The molecule has 138 valence electrons. The van der Waals surface area contributed by atoms with Gasteiger partial charge in [0.05, 0.1) is 27.2 Å². The first-order chi connectivity index (χ1) is 12.1. The summed E-state index contributed by atoms with van der Waals surface area (Å²) in [4.78, 5) is 15.0. The van der Waals surface area contributed by atoms with Gasteiger partial charge < -0.3 is 19.9 Å². The lowest BCUT2D eigenvalue weighted by Crippen LogP contribution is -3.12. The molecule has 1 saturated heterocycles. The molecule has 6 heteroatoms. The Morgan fingerprint density at radius 1 is 1.32 bits per heavy atom. The molecule has 0 saturated carbocycles. The van der Waals surface area contributed by atoms with E-state index in [2.05, 4.69) is 52.3 Å². The van der Waals surface area contributed by atoms with Gasteiger partial charge in [-0.2, -0.15) is 0 Å².